The highest BCUT2D eigenvalue weighted by Gasteiger charge is 2.17. The summed E-state index contributed by atoms with van der Waals surface area (Å²) < 4.78 is 37.2. The monoisotopic (exact) mass is 320 g/mol. The topological polar surface area (TPSA) is 51.2 Å². The highest BCUT2D eigenvalue weighted by Crippen LogP contribution is 2.15. The first-order valence-electron chi connectivity index (χ1n) is 7.03. The van der Waals surface area contributed by atoms with E-state index in [4.69, 9.17) is 0 Å². The van der Waals surface area contributed by atoms with E-state index in [9.17, 15) is 17.6 Å². The van der Waals surface area contributed by atoms with Crippen molar-refractivity contribution in [1.29, 1.82) is 0 Å². The minimum Gasteiger partial charge on any atom is -0.294 e. The third kappa shape index (κ3) is 4.01. The summed E-state index contributed by atoms with van der Waals surface area (Å²) in [6.07, 6.45) is 0.715. The molecule has 0 N–H and O–H groups in total. The van der Waals surface area contributed by atoms with Crippen molar-refractivity contribution in [1.82, 2.24) is 0 Å². The number of benzene rings is 2. The van der Waals surface area contributed by atoms with Crippen LogP contribution in [-0.2, 0) is 16.3 Å². The standard InChI is InChI=1S/C17H17FO3S/c1-2-13-3-9-16(10-4-13)22(20,21)12-11-17(19)14-5-7-15(18)8-6-14/h3-10H,2,11-12H2,1H3. The summed E-state index contributed by atoms with van der Waals surface area (Å²) in [5.74, 6) is -0.997. The van der Waals surface area contributed by atoms with E-state index >= 15 is 0 Å². The van der Waals surface area contributed by atoms with Crippen LogP contribution in [0.4, 0.5) is 4.39 Å². The molecule has 2 aromatic rings. The van der Waals surface area contributed by atoms with Gasteiger partial charge in [0.2, 0.25) is 0 Å². The Morgan fingerprint density at radius 3 is 2.14 bits per heavy atom. The summed E-state index contributed by atoms with van der Waals surface area (Å²) in [4.78, 5) is 12.2. The Kier molecular flexibility index (Phi) is 5.08. The molecule has 0 aliphatic rings. The number of sulfone groups is 1. The number of Topliss-reactive ketones (excluding diaryl/α,β-unsaturated/α-hetero) is 1. The van der Waals surface area contributed by atoms with Crippen LogP contribution in [0.25, 0.3) is 0 Å². The molecular formula is C17H17FO3S. The molecule has 116 valence electrons. The number of halogens is 1. The number of ketones is 1. The molecule has 0 aliphatic heterocycles. The second-order valence-electron chi connectivity index (χ2n) is 5.00. The van der Waals surface area contributed by atoms with Crippen molar-refractivity contribution in [2.45, 2.75) is 24.7 Å². The second kappa shape index (κ2) is 6.83. The van der Waals surface area contributed by atoms with Gasteiger partial charge in [-0.3, -0.25) is 4.79 Å². The Hall–Kier alpha value is -2.01. The molecule has 0 radical (unpaired) electrons. The van der Waals surface area contributed by atoms with Crippen LogP contribution in [0, 0.1) is 5.82 Å². The summed E-state index contributed by atoms with van der Waals surface area (Å²) in [7, 11) is -3.49. The Bertz CT molecular complexity index is 747. The largest absolute Gasteiger partial charge is 0.294 e. The van der Waals surface area contributed by atoms with Crippen molar-refractivity contribution in [2.75, 3.05) is 5.75 Å². The lowest BCUT2D eigenvalue weighted by Gasteiger charge is -2.05. The molecular weight excluding hydrogens is 303 g/mol. The van der Waals surface area contributed by atoms with Crippen molar-refractivity contribution in [3.05, 3.63) is 65.5 Å². The lowest BCUT2D eigenvalue weighted by Crippen LogP contribution is -2.12. The minimum absolute atomic E-state index is 0.122. The van der Waals surface area contributed by atoms with Crippen LogP contribution in [0.3, 0.4) is 0 Å². The van der Waals surface area contributed by atoms with Gasteiger partial charge < -0.3 is 0 Å². The third-order valence-corrected chi connectivity index (χ3v) is 5.19. The molecule has 0 amide bonds. The molecule has 0 saturated heterocycles. The van der Waals surface area contributed by atoms with Crippen molar-refractivity contribution < 1.29 is 17.6 Å². The van der Waals surface area contributed by atoms with Crippen molar-refractivity contribution in [2.24, 2.45) is 0 Å². The molecule has 0 atom stereocenters. The van der Waals surface area contributed by atoms with Crippen molar-refractivity contribution >= 4 is 15.6 Å². The van der Waals surface area contributed by atoms with Gasteiger partial charge in [0.1, 0.15) is 5.82 Å². The van der Waals surface area contributed by atoms with Crippen LogP contribution in [0.2, 0.25) is 0 Å². The summed E-state index contributed by atoms with van der Waals surface area (Å²) in [6.45, 7) is 1.99. The number of rotatable bonds is 6. The zero-order valence-corrected chi connectivity index (χ0v) is 13.1. The maximum absolute atomic E-state index is 12.8. The molecule has 0 bridgehead atoms. The molecule has 22 heavy (non-hydrogen) atoms. The number of hydrogen-bond acceptors (Lipinski definition) is 3. The molecule has 3 nitrogen and oxygen atoms in total. The first kappa shape index (κ1) is 16.4. The van der Waals surface area contributed by atoms with E-state index in [1.807, 2.05) is 6.92 Å². The molecule has 0 unspecified atom stereocenters. The van der Waals surface area contributed by atoms with Gasteiger partial charge in [-0.15, -0.1) is 0 Å². The normalized spacial score (nSPS) is 11.4. The Morgan fingerprint density at radius 1 is 1.00 bits per heavy atom. The Balaban J connectivity index is 2.05. The fourth-order valence-corrected chi connectivity index (χ4v) is 3.30. The molecule has 5 heteroatoms. The number of hydrogen-bond donors (Lipinski definition) is 0. The Labute approximate surface area is 129 Å². The average Bonchev–Trinajstić information content (AvgIpc) is 2.53. The van der Waals surface area contributed by atoms with Crippen LogP contribution in [0.15, 0.2) is 53.4 Å². The smallest absolute Gasteiger partial charge is 0.178 e. The van der Waals surface area contributed by atoms with Gasteiger partial charge in [0, 0.05) is 12.0 Å². The molecule has 0 aromatic heterocycles. The fourth-order valence-electron chi connectivity index (χ4n) is 2.06. The van der Waals surface area contributed by atoms with Gasteiger partial charge in [-0.1, -0.05) is 19.1 Å². The van der Waals surface area contributed by atoms with Crippen LogP contribution in [0.1, 0.15) is 29.3 Å². The van der Waals surface area contributed by atoms with Gasteiger partial charge in [0.25, 0.3) is 0 Å². The van der Waals surface area contributed by atoms with Gasteiger partial charge in [-0.05, 0) is 48.4 Å². The molecule has 0 saturated carbocycles. The van der Waals surface area contributed by atoms with Crippen LogP contribution in [-0.4, -0.2) is 20.0 Å². The molecule has 0 fully saturated rings. The fraction of sp³-hybridized carbons (Fsp3) is 0.235. The molecule has 0 spiro atoms. The SMILES string of the molecule is CCc1ccc(S(=O)(=O)CCC(=O)c2ccc(F)cc2)cc1. The lowest BCUT2D eigenvalue weighted by molar-refractivity contribution is 0.0988. The van der Waals surface area contributed by atoms with Gasteiger partial charge >= 0.3 is 0 Å². The van der Waals surface area contributed by atoms with E-state index < -0.39 is 15.7 Å². The highest BCUT2D eigenvalue weighted by molar-refractivity contribution is 7.91. The van der Waals surface area contributed by atoms with Crippen LogP contribution >= 0.6 is 0 Å². The van der Waals surface area contributed by atoms with E-state index in [0.717, 1.165) is 12.0 Å². The van der Waals surface area contributed by atoms with E-state index in [2.05, 4.69) is 0 Å². The quantitative estimate of drug-likeness (QED) is 0.766. The number of carbonyl (C=O) groups excluding carboxylic acids is 1. The zero-order chi connectivity index (χ0) is 16.2. The second-order valence-corrected chi connectivity index (χ2v) is 7.11. The van der Waals surface area contributed by atoms with Crippen molar-refractivity contribution in [3.8, 4) is 0 Å². The maximum atomic E-state index is 12.8. The van der Waals surface area contributed by atoms with E-state index in [0.29, 0.717) is 5.56 Å². The molecule has 0 heterocycles. The molecule has 2 rings (SSSR count). The van der Waals surface area contributed by atoms with Crippen LogP contribution < -0.4 is 0 Å². The predicted octanol–water partition coefficient (Wildman–Crippen LogP) is 3.43. The van der Waals surface area contributed by atoms with Gasteiger partial charge in [-0.25, -0.2) is 12.8 Å². The summed E-state index contributed by atoms with van der Waals surface area (Å²) in [6, 6.07) is 11.8. The van der Waals surface area contributed by atoms with Gasteiger partial charge in [0.05, 0.1) is 10.6 Å². The number of carbonyl (C=O) groups is 1. The van der Waals surface area contributed by atoms with Gasteiger partial charge in [0.15, 0.2) is 15.6 Å². The zero-order valence-electron chi connectivity index (χ0n) is 12.3. The minimum atomic E-state index is -3.49. The van der Waals surface area contributed by atoms with Gasteiger partial charge in [-0.2, -0.15) is 0 Å². The number of aryl methyl sites for hydroxylation is 1. The van der Waals surface area contributed by atoms with Crippen molar-refractivity contribution in [3.63, 3.8) is 0 Å². The summed E-state index contributed by atoms with van der Waals surface area (Å²) >= 11 is 0. The molecule has 0 aliphatic carbocycles. The first-order chi connectivity index (χ1) is 10.4. The Morgan fingerprint density at radius 2 is 1.59 bits per heavy atom. The lowest BCUT2D eigenvalue weighted by atomic mass is 10.1. The van der Waals surface area contributed by atoms with E-state index in [-0.39, 0.29) is 22.9 Å². The van der Waals surface area contributed by atoms with Crippen LogP contribution in [0.5, 0.6) is 0 Å². The van der Waals surface area contributed by atoms with E-state index in [1.54, 1.807) is 24.3 Å². The van der Waals surface area contributed by atoms with E-state index in [1.165, 1.54) is 24.3 Å². The average molecular weight is 320 g/mol. The predicted molar refractivity (Wildman–Crippen MR) is 83.2 cm³/mol. The summed E-state index contributed by atoms with van der Waals surface area (Å²) in [5.41, 5.74) is 1.37. The highest BCUT2D eigenvalue weighted by atomic mass is 32.2. The third-order valence-electron chi connectivity index (χ3n) is 3.45. The maximum Gasteiger partial charge on any atom is 0.178 e. The first-order valence-corrected chi connectivity index (χ1v) is 8.68. The summed E-state index contributed by atoms with van der Waals surface area (Å²) in [5, 5.41) is 0. The molecule has 2 aromatic carbocycles.